The first-order valence-electron chi connectivity index (χ1n) is 11.4. The largest absolute Gasteiger partial charge is 0.484 e. The Hall–Kier alpha value is -3.79. The number of carbonyl (C=O) groups is 1. The molecule has 37 heavy (non-hydrogen) atoms. The zero-order valence-electron chi connectivity index (χ0n) is 20.2. The van der Waals surface area contributed by atoms with E-state index in [1.165, 1.54) is 10.6 Å². The highest BCUT2D eigenvalue weighted by atomic mass is 35.5. The van der Waals surface area contributed by atoms with Crippen molar-refractivity contribution in [2.24, 2.45) is 13.0 Å². The number of carbonyl (C=O) groups excluding carboxylic acids is 1. The van der Waals surface area contributed by atoms with Gasteiger partial charge in [-0.05, 0) is 47.9 Å². The van der Waals surface area contributed by atoms with Crippen molar-refractivity contribution in [3.63, 3.8) is 0 Å². The van der Waals surface area contributed by atoms with Crippen molar-refractivity contribution in [2.45, 2.75) is 32.2 Å². The van der Waals surface area contributed by atoms with Crippen LogP contribution in [0.1, 0.15) is 25.5 Å². The molecular weight excluding hydrogens is 509 g/mol. The predicted octanol–water partition coefficient (Wildman–Crippen LogP) is 5.20. The fourth-order valence-corrected chi connectivity index (χ4v) is 4.20. The molecular formula is C26H24ClF3N4O3. The quantitative estimate of drug-likeness (QED) is 0.355. The van der Waals surface area contributed by atoms with Crippen LogP contribution in [0, 0.1) is 5.92 Å². The van der Waals surface area contributed by atoms with Gasteiger partial charge in [0, 0.05) is 29.7 Å². The zero-order chi connectivity index (χ0) is 26.9. The van der Waals surface area contributed by atoms with Crippen LogP contribution in [0.25, 0.3) is 16.6 Å². The number of benzene rings is 2. The Balaban J connectivity index is 1.71. The molecule has 4 aromatic rings. The highest BCUT2D eigenvalue weighted by molar-refractivity contribution is 6.30. The van der Waals surface area contributed by atoms with E-state index in [0.717, 1.165) is 5.52 Å². The number of hydrogen-bond donors (Lipinski definition) is 1. The lowest BCUT2D eigenvalue weighted by Crippen LogP contribution is -2.49. The molecule has 194 valence electrons. The number of hydrogen-bond acceptors (Lipinski definition) is 4. The Morgan fingerprint density at radius 2 is 1.86 bits per heavy atom. The van der Waals surface area contributed by atoms with Crippen LogP contribution < -0.4 is 15.6 Å². The van der Waals surface area contributed by atoms with Crippen molar-refractivity contribution < 1.29 is 22.7 Å². The summed E-state index contributed by atoms with van der Waals surface area (Å²) in [5, 5.41) is 7.58. The lowest BCUT2D eigenvalue weighted by atomic mass is 9.93. The summed E-state index contributed by atoms with van der Waals surface area (Å²) in [4.78, 5) is 23.6. The van der Waals surface area contributed by atoms with Crippen LogP contribution >= 0.6 is 11.6 Å². The van der Waals surface area contributed by atoms with Gasteiger partial charge in [0.25, 0.3) is 0 Å². The molecule has 1 amide bonds. The maximum absolute atomic E-state index is 13.1. The molecule has 2 atom stereocenters. The number of alkyl halides is 3. The normalized spacial score (nSPS) is 13.5. The number of fused-ring (bicyclic) bond motifs is 1. The topological polar surface area (TPSA) is 78.2 Å². The second kappa shape index (κ2) is 10.3. The van der Waals surface area contributed by atoms with E-state index < -0.39 is 30.1 Å². The second-order valence-electron chi connectivity index (χ2n) is 8.95. The number of ether oxygens (including phenoxy) is 1. The van der Waals surface area contributed by atoms with E-state index in [1.807, 2.05) is 0 Å². The van der Waals surface area contributed by atoms with Crippen molar-refractivity contribution >= 4 is 28.4 Å². The number of aromatic nitrogens is 3. The SMILES string of the molecule is CC(C)C(NC(=O)C(F)(F)F)[C@H](Oc1ccc2c(cnn2-c2ccc(=O)n(C)c2)c1)c1cccc(Cl)c1. The maximum Gasteiger partial charge on any atom is 0.471 e. The number of pyridine rings is 1. The van der Waals surface area contributed by atoms with Gasteiger partial charge in [-0.15, -0.1) is 0 Å². The average Bonchev–Trinajstić information content (AvgIpc) is 3.25. The summed E-state index contributed by atoms with van der Waals surface area (Å²) in [6.45, 7) is 3.39. The average molecular weight is 533 g/mol. The number of aryl methyl sites for hydroxylation is 1. The maximum atomic E-state index is 13.1. The van der Waals surface area contributed by atoms with Gasteiger partial charge in [0.05, 0.1) is 23.4 Å². The van der Waals surface area contributed by atoms with E-state index in [4.69, 9.17) is 16.3 Å². The van der Waals surface area contributed by atoms with Gasteiger partial charge in [-0.2, -0.15) is 18.3 Å². The Kier molecular flexibility index (Phi) is 7.31. The Labute approximate surface area is 215 Å². The summed E-state index contributed by atoms with van der Waals surface area (Å²) in [7, 11) is 1.64. The lowest BCUT2D eigenvalue weighted by Gasteiger charge is -2.32. The van der Waals surface area contributed by atoms with Gasteiger partial charge < -0.3 is 14.6 Å². The molecule has 2 aromatic heterocycles. The minimum absolute atomic E-state index is 0.153. The van der Waals surface area contributed by atoms with Crippen LogP contribution in [0.3, 0.4) is 0 Å². The molecule has 0 aliphatic heterocycles. The van der Waals surface area contributed by atoms with Gasteiger partial charge in [0.15, 0.2) is 0 Å². The standard InChI is InChI=1S/C26H24ClF3N4O3/c1-15(2)23(32-25(36)26(28,29)30)24(16-5-4-6-18(27)11-16)37-20-8-9-21-17(12-20)13-31-34(21)19-7-10-22(35)33(3)14-19/h4-15,23-24H,1-3H3,(H,32,36)/t23?,24-/m1/s1. The molecule has 0 aliphatic rings. The summed E-state index contributed by atoms with van der Waals surface area (Å²) in [5.41, 5.74) is 1.77. The molecule has 2 aromatic carbocycles. The fraction of sp³-hybridized carbons (Fsp3) is 0.269. The molecule has 0 bridgehead atoms. The predicted molar refractivity (Wildman–Crippen MR) is 134 cm³/mol. The van der Waals surface area contributed by atoms with Crippen molar-refractivity contribution in [2.75, 3.05) is 0 Å². The fourth-order valence-electron chi connectivity index (χ4n) is 4.00. The number of rotatable bonds is 7. The number of nitrogens with zero attached hydrogens (tertiary/aromatic N) is 3. The molecule has 0 saturated carbocycles. The lowest BCUT2D eigenvalue weighted by molar-refractivity contribution is -0.175. The third-order valence-corrected chi connectivity index (χ3v) is 6.13. The second-order valence-corrected chi connectivity index (χ2v) is 9.38. The van der Waals surface area contributed by atoms with Crippen molar-refractivity contribution in [3.8, 4) is 11.4 Å². The van der Waals surface area contributed by atoms with Crippen LogP contribution in [0.2, 0.25) is 5.02 Å². The highest BCUT2D eigenvalue weighted by Gasteiger charge is 2.42. The molecule has 4 rings (SSSR count). The molecule has 11 heteroatoms. The minimum atomic E-state index is -5.04. The van der Waals surface area contributed by atoms with E-state index >= 15 is 0 Å². The molecule has 0 spiro atoms. The zero-order valence-corrected chi connectivity index (χ0v) is 20.9. The molecule has 0 aliphatic carbocycles. The van der Waals surface area contributed by atoms with Gasteiger partial charge in [0.1, 0.15) is 11.9 Å². The first-order chi connectivity index (χ1) is 17.4. The van der Waals surface area contributed by atoms with E-state index in [1.54, 1.807) is 86.5 Å². The molecule has 1 N–H and O–H groups in total. The molecule has 0 saturated heterocycles. The molecule has 7 nitrogen and oxygen atoms in total. The van der Waals surface area contributed by atoms with Crippen LogP contribution in [-0.2, 0) is 11.8 Å². The van der Waals surface area contributed by atoms with E-state index in [9.17, 15) is 22.8 Å². The third-order valence-electron chi connectivity index (χ3n) is 5.89. The van der Waals surface area contributed by atoms with E-state index in [0.29, 0.717) is 27.4 Å². The smallest absolute Gasteiger partial charge is 0.471 e. The molecule has 2 heterocycles. The van der Waals surface area contributed by atoms with Gasteiger partial charge in [-0.25, -0.2) is 4.68 Å². The summed E-state index contributed by atoms with van der Waals surface area (Å²) in [5.74, 6) is -2.09. The molecule has 1 unspecified atom stereocenters. The minimum Gasteiger partial charge on any atom is -0.484 e. The van der Waals surface area contributed by atoms with Crippen molar-refractivity contribution in [1.82, 2.24) is 19.7 Å². The highest BCUT2D eigenvalue weighted by Crippen LogP contribution is 2.32. The third kappa shape index (κ3) is 5.80. The summed E-state index contributed by atoms with van der Waals surface area (Å²) in [6, 6.07) is 13.8. The van der Waals surface area contributed by atoms with Crippen molar-refractivity contribution in [1.29, 1.82) is 0 Å². The first kappa shape index (κ1) is 26.3. The molecule has 0 fully saturated rings. The van der Waals surface area contributed by atoms with Crippen LogP contribution in [0.4, 0.5) is 13.2 Å². The van der Waals surface area contributed by atoms with Crippen LogP contribution in [-0.4, -0.2) is 32.5 Å². The Morgan fingerprint density at radius 1 is 1.11 bits per heavy atom. The van der Waals surface area contributed by atoms with Gasteiger partial charge in [-0.1, -0.05) is 37.6 Å². The van der Waals surface area contributed by atoms with Crippen LogP contribution in [0.5, 0.6) is 5.75 Å². The van der Waals surface area contributed by atoms with E-state index in [-0.39, 0.29) is 5.56 Å². The van der Waals surface area contributed by atoms with Crippen LogP contribution in [0.15, 0.2) is 71.8 Å². The van der Waals surface area contributed by atoms with Gasteiger partial charge in [-0.3, -0.25) is 9.59 Å². The first-order valence-corrected chi connectivity index (χ1v) is 11.8. The van der Waals surface area contributed by atoms with Crippen molar-refractivity contribution in [3.05, 3.63) is 87.9 Å². The summed E-state index contributed by atoms with van der Waals surface area (Å²) < 4.78 is 48.6. The van der Waals surface area contributed by atoms with Gasteiger partial charge in [0.2, 0.25) is 5.56 Å². The Morgan fingerprint density at radius 3 is 2.51 bits per heavy atom. The van der Waals surface area contributed by atoms with Gasteiger partial charge >= 0.3 is 12.1 Å². The number of halogens is 4. The Bertz CT molecular complexity index is 1500. The number of amides is 1. The summed E-state index contributed by atoms with van der Waals surface area (Å²) in [6.07, 6.45) is -2.74. The molecule has 0 radical (unpaired) electrons. The van der Waals surface area contributed by atoms with E-state index in [2.05, 4.69) is 10.4 Å². The monoisotopic (exact) mass is 532 g/mol. The number of nitrogens with one attached hydrogen (secondary N) is 1. The summed E-state index contributed by atoms with van der Waals surface area (Å²) >= 11 is 6.16.